The van der Waals surface area contributed by atoms with Gasteiger partial charge in [-0.05, 0) is 33.6 Å². The fourth-order valence-corrected chi connectivity index (χ4v) is 1.93. The summed E-state index contributed by atoms with van der Waals surface area (Å²) in [7, 11) is 1.56. The van der Waals surface area contributed by atoms with E-state index in [4.69, 9.17) is 10.5 Å². The van der Waals surface area contributed by atoms with Crippen molar-refractivity contribution in [1.29, 1.82) is 0 Å². The Kier molecular flexibility index (Phi) is 4.21. The van der Waals surface area contributed by atoms with E-state index >= 15 is 0 Å². The van der Waals surface area contributed by atoms with Crippen molar-refractivity contribution < 1.29 is 9.13 Å². The van der Waals surface area contributed by atoms with Crippen LogP contribution in [0.4, 0.5) is 15.8 Å². The van der Waals surface area contributed by atoms with Crippen LogP contribution >= 0.6 is 15.9 Å². The molecule has 0 unspecified atom stereocenters. The summed E-state index contributed by atoms with van der Waals surface area (Å²) in [6.45, 7) is 0.543. The summed E-state index contributed by atoms with van der Waals surface area (Å²) in [6.07, 6.45) is 1.67. The van der Waals surface area contributed by atoms with Crippen molar-refractivity contribution >= 4 is 27.3 Å². The van der Waals surface area contributed by atoms with E-state index in [1.165, 1.54) is 6.07 Å². The average molecular weight is 326 g/mol. The molecule has 0 aliphatic heterocycles. The molecular weight excluding hydrogens is 313 g/mol. The molecule has 19 heavy (non-hydrogen) atoms. The molecule has 2 rings (SSSR count). The quantitative estimate of drug-likeness (QED) is 0.847. The zero-order valence-electron chi connectivity index (χ0n) is 10.3. The molecule has 0 aliphatic carbocycles. The molecule has 0 radical (unpaired) electrons. The fourth-order valence-electron chi connectivity index (χ4n) is 1.58. The van der Waals surface area contributed by atoms with Crippen LogP contribution in [-0.2, 0) is 6.54 Å². The molecule has 0 atom stereocenters. The van der Waals surface area contributed by atoms with Crippen LogP contribution in [0, 0.1) is 5.82 Å². The van der Waals surface area contributed by atoms with E-state index in [-0.39, 0.29) is 5.82 Å². The molecular formula is C13H13BrFN3O. The minimum atomic E-state index is -0.381. The molecule has 4 nitrogen and oxygen atoms in total. The minimum Gasteiger partial charge on any atom is -0.481 e. The number of benzene rings is 1. The highest BCUT2D eigenvalue weighted by Crippen LogP contribution is 2.27. The zero-order valence-corrected chi connectivity index (χ0v) is 11.9. The van der Waals surface area contributed by atoms with Gasteiger partial charge < -0.3 is 15.8 Å². The molecule has 2 aromatic rings. The number of ether oxygens (including phenoxy) is 1. The molecule has 1 aromatic heterocycles. The first kappa shape index (κ1) is 13.6. The Labute approximate surface area is 118 Å². The lowest BCUT2D eigenvalue weighted by Crippen LogP contribution is -2.03. The molecule has 3 N–H and O–H groups in total. The van der Waals surface area contributed by atoms with E-state index in [1.54, 1.807) is 19.4 Å². The number of nitrogens with one attached hydrogen (secondary N) is 1. The number of nitrogens with two attached hydrogens (primary N) is 1. The van der Waals surface area contributed by atoms with E-state index < -0.39 is 0 Å². The standard InChI is InChI=1S/C13H13BrFN3O/c1-19-13-4-8(2-3-17-13)7-18-12-5-9(14)10(15)6-11(12)16/h2-6,18H,7,16H2,1H3. The van der Waals surface area contributed by atoms with Crippen molar-refractivity contribution in [2.45, 2.75) is 6.54 Å². The number of hydrogen-bond acceptors (Lipinski definition) is 4. The van der Waals surface area contributed by atoms with Crippen LogP contribution in [0.2, 0.25) is 0 Å². The van der Waals surface area contributed by atoms with Gasteiger partial charge in [0.25, 0.3) is 0 Å². The maximum Gasteiger partial charge on any atom is 0.213 e. The molecule has 100 valence electrons. The number of pyridine rings is 1. The topological polar surface area (TPSA) is 60.2 Å². The highest BCUT2D eigenvalue weighted by Gasteiger charge is 2.06. The first-order chi connectivity index (χ1) is 9.10. The van der Waals surface area contributed by atoms with Crippen molar-refractivity contribution in [2.75, 3.05) is 18.2 Å². The number of hydrogen-bond donors (Lipinski definition) is 2. The van der Waals surface area contributed by atoms with E-state index in [0.29, 0.717) is 28.3 Å². The highest BCUT2D eigenvalue weighted by molar-refractivity contribution is 9.10. The molecule has 0 spiro atoms. The van der Waals surface area contributed by atoms with Gasteiger partial charge in [0.15, 0.2) is 0 Å². The van der Waals surface area contributed by atoms with Crippen molar-refractivity contribution in [3.05, 3.63) is 46.3 Å². The van der Waals surface area contributed by atoms with Gasteiger partial charge >= 0.3 is 0 Å². The van der Waals surface area contributed by atoms with Crippen LogP contribution < -0.4 is 15.8 Å². The van der Waals surface area contributed by atoms with Crippen molar-refractivity contribution in [2.24, 2.45) is 0 Å². The average Bonchev–Trinajstić information content (AvgIpc) is 2.41. The molecule has 6 heteroatoms. The second-order valence-corrected chi connectivity index (χ2v) is 4.77. The van der Waals surface area contributed by atoms with Gasteiger partial charge in [-0.25, -0.2) is 9.37 Å². The van der Waals surface area contributed by atoms with Gasteiger partial charge in [-0.1, -0.05) is 0 Å². The molecule has 0 saturated heterocycles. The van der Waals surface area contributed by atoms with E-state index in [1.807, 2.05) is 12.1 Å². The molecule has 0 amide bonds. The highest BCUT2D eigenvalue weighted by atomic mass is 79.9. The SMILES string of the molecule is COc1cc(CNc2cc(Br)c(F)cc2N)ccn1. The second-order valence-electron chi connectivity index (χ2n) is 3.91. The minimum absolute atomic E-state index is 0.363. The smallest absolute Gasteiger partial charge is 0.213 e. The maximum atomic E-state index is 13.2. The van der Waals surface area contributed by atoms with Crippen LogP contribution in [0.25, 0.3) is 0 Å². The normalized spacial score (nSPS) is 10.3. The zero-order chi connectivity index (χ0) is 13.8. The third-order valence-electron chi connectivity index (χ3n) is 2.58. The van der Waals surface area contributed by atoms with Crippen molar-refractivity contribution in [1.82, 2.24) is 4.98 Å². The lowest BCUT2D eigenvalue weighted by Gasteiger charge is -2.11. The molecule has 1 heterocycles. The number of rotatable bonds is 4. The Morgan fingerprint density at radius 3 is 2.95 bits per heavy atom. The first-order valence-electron chi connectivity index (χ1n) is 5.57. The summed E-state index contributed by atoms with van der Waals surface area (Å²) in [5.41, 5.74) is 7.78. The largest absolute Gasteiger partial charge is 0.481 e. The molecule has 0 aliphatic rings. The Bertz CT molecular complexity index is 592. The van der Waals surface area contributed by atoms with Gasteiger partial charge in [-0.2, -0.15) is 0 Å². The van der Waals surface area contributed by atoms with E-state index in [9.17, 15) is 4.39 Å². The predicted octanol–water partition coefficient (Wildman–Crippen LogP) is 3.19. The Morgan fingerprint density at radius 2 is 2.21 bits per heavy atom. The van der Waals surface area contributed by atoms with Gasteiger partial charge in [0.05, 0.1) is 23.0 Å². The number of anilines is 2. The summed E-state index contributed by atoms with van der Waals surface area (Å²) in [5.74, 6) is 0.168. The summed E-state index contributed by atoms with van der Waals surface area (Å²) in [4.78, 5) is 4.02. The fraction of sp³-hybridized carbons (Fsp3) is 0.154. The molecule has 0 bridgehead atoms. The lowest BCUT2D eigenvalue weighted by molar-refractivity contribution is 0.397. The Balaban J connectivity index is 2.12. The molecule has 1 aromatic carbocycles. The molecule has 0 saturated carbocycles. The van der Waals surface area contributed by atoms with Crippen LogP contribution in [0.15, 0.2) is 34.9 Å². The summed E-state index contributed by atoms with van der Waals surface area (Å²) < 4.78 is 18.7. The predicted molar refractivity (Wildman–Crippen MR) is 76.6 cm³/mol. The van der Waals surface area contributed by atoms with Crippen molar-refractivity contribution in [3.8, 4) is 5.88 Å². The van der Waals surface area contributed by atoms with Crippen LogP contribution in [-0.4, -0.2) is 12.1 Å². The summed E-state index contributed by atoms with van der Waals surface area (Å²) in [5, 5.41) is 3.14. The molecule has 0 fully saturated rings. The third-order valence-corrected chi connectivity index (χ3v) is 3.19. The first-order valence-corrected chi connectivity index (χ1v) is 6.36. The second kappa shape index (κ2) is 5.88. The van der Waals surface area contributed by atoms with Crippen LogP contribution in [0.3, 0.4) is 0 Å². The summed E-state index contributed by atoms with van der Waals surface area (Å²) >= 11 is 3.13. The maximum absolute atomic E-state index is 13.2. The number of halogens is 2. The van der Waals surface area contributed by atoms with Gasteiger partial charge in [-0.3, -0.25) is 0 Å². The number of nitrogen functional groups attached to an aromatic ring is 1. The Morgan fingerprint density at radius 1 is 1.42 bits per heavy atom. The summed E-state index contributed by atoms with van der Waals surface area (Å²) in [6, 6.07) is 6.58. The van der Waals surface area contributed by atoms with Gasteiger partial charge in [0, 0.05) is 24.9 Å². The lowest BCUT2D eigenvalue weighted by atomic mass is 10.2. The third kappa shape index (κ3) is 3.35. The van der Waals surface area contributed by atoms with Gasteiger partial charge in [-0.15, -0.1) is 0 Å². The van der Waals surface area contributed by atoms with E-state index in [0.717, 1.165) is 5.56 Å². The van der Waals surface area contributed by atoms with Gasteiger partial charge in [0.1, 0.15) is 5.82 Å². The number of methoxy groups -OCH3 is 1. The van der Waals surface area contributed by atoms with Crippen molar-refractivity contribution in [3.63, 3.8) is 0 Å². The number of nitrogens with zero attached hydrogens (tertiary/aromatic N) is 1. The number of aromatic nitrogens is 1. The van der Waals surface area contributed by atoms with Crippen LogP contribution in [0.1, 0.15) is 5.56 Å². The van der Waals surface area contributed by atoms with Gasteiger partial charge in [0.2, 0.25) is 5.88 Å². The Hall–Kier alpha value is -1.82. The van der Waals surface area contributed by atoms with E-state index in [2.05, 4.69) is 26.2 Å². The van der Waals surface area contributed by atoms with Crippen LogP contribution in [0.5, 0.6) is 5.88 Å². The monoisotopic (exact) mass is 325 g/mol.